The monoisotopic (exact) mass is 538 g/mol. The second kappa shape index (κ2) is 13.6. The van der Waals surface area contributed by atoms with Gasteiger partial charge in [0.1, 0.15) is 11.5 Å². The minimum absolute atomic E-state index is 0.319. The van der Waals surface area contributed by atoms with Crippen molar-refractivity contribution < 1.29 is 28.5 Å². The molecule has 2 aromatic carbocycles. The molecule has 0 saturated heterocycles. The molecule has 0 N–H and O–H groups in total. The Balaban J connectivity index is 1.62. The van der Waals surface area contributed by atoms with E-state index in [1.54, 1.807) is 26.4 Å². The molecule has 0 spiro atoms. The van der Waals surface area contributed by atoms with E-state index in [1.165, 1.54) is 0 Å². The summed E-state index contributed by atoms with van der Waals surface area (Å²) in [5.41, 5.74) is 4.52. The Kier molecular flexibility index (Phi) is 9.96. The van der Waals surface area contributed by atoms with Crippen molar-refractivity contribution in [3.63, 3.8) is 0 Å². The van der Waals surface area contributed by atoms with E-state index in [-0.39, 0.29) is 11.9 Å². The van der Waals surface area contributed by atoms with Gasteiger partial charge in [-0.15, -0.1) is 0 Å². The van der Waals surface area contributed by atoms with E-state index < -0.39 is 0 Å². The van der Waals surface area contributed by atoms with Crippen LogP contribution >= 0.6 is 0 Å². The SMILES string of the molecule is CCCCCCOC(=O)c1ccc(OC)c2c1CN1CN2Cc2c(C(=O)OCCCCCC)ccc(OC)c21. The van der Waals surface area contributed by atoms with Crippen LogP contribution in [-0.2, 0) is 22.6 Å². The number of fused-ring (bicyclic) bond motifs is 6. The molecule has 0 atom stereocenters. The average molecular weight is 539 g/mol. The number of hydrogen-bond donors (Lipinski definition) is 0. The van der Waals surface area contributed by atoms with Crippen LogP contribution in [0.1, 0.15) is 97.1 Å². The lowest BCUT2D eigenvalue weighted by atomic mass is 9.94. The first-order chi connectivity index (χ1) is 19.0. The van der Waals surface area contributed by atoms with Crippen molar-refractivity contribution in [3.05, 3.63) is 46.5 Å². The third-order valence-corrected chi connectivity index (χ3v) is 7.51. The number of methoxy groups -OCH3 is 2. The van der Waals surface area contributed by atoms with Crippen LogP contribution in [0.3, 0.4) is 0 Å². The number of rotatable bonds is 14. The molecule has 0 saturated carbocycles. The van der Waals surface area contributed by atoms with Gasteiger partial charge in [-0.1, -0.05) is 52.4 Å². The highest BCUT2D eigenvalue weighted by Crippen LogP contribution is 2.47. The molecular weight excluding hydrogens is 496 g/mol. The Bertz CT molecular complexity index is 1070. The smallest absolute Gasteiger partial charge is 0.338 e. The highest BCUT2D eigenvalue weighted by molar-refractivity contribution is 5.97. The highest BCUT2D eigenvalue weighted by Gasteiger charge is 2.38. The van der Waals surface area contributed by atoms with E-state index >= 15 is 0 Å². The topological polar surface area (TPSA) is 77.5 Å². The summed E-state index contributed by atoms with van der Waals surface area (Å²) < 4.78 is 22.8. The molecule has 2 bridgehead atoms. The van der Waals surface area contributed by atoms with Crippen LogP contribution in [0.15, 0.2) is 24.3 Å². The summed E-state index contributed by atoms with van der Waals surface area (Å²) in [4.78, 5) is 30.6. The molecule has 0 radical (unpaired) electrons. The number of esters is 2. The van der Waals surface area contributed by atoms with Crippen molar-refractivity contribution >= 4 is 23.3 Å². The van der Waals surface area contributed by atoms with E-state index in [9.17, 15) is 9.59 Å². The van der Waals surface area contributed by atoms with Crippen molar-refractivity contribution in [2.75, 3.05) is 43.9 Å². The van der Waals surface area contributed by atoms with Gasteiger partial charge in [-0.05, 0) is 37.1 Å². The summed E-state index contributed by atoms with van der Waals surface area (Å²) in [5, 5.41) is 0. The molecule has 8 nitrogen and oxygen atoms in total. The Morgan fingerprint density at radius 2 is 1.10 bits per heavy atom. The van der Waals surface area contributed by atoms with Crippen molar-refractivity contribution in [1.82, 2.24) is 0 Å². The first kappa shape index (κ1) is 28.6. The lowest BCUT2D eigenvalue weighted by molar-refractivity contribution is 0.0487. The van der Waals surface area contributed by atoms with Crippen molar-refractivity contribution in [1.29, 1.82) is 0 Å². The Labute approximate surface area is 232 Å². The fourth-order valence-electron chi connectivity index (χ4n) is 5.49. The van der Waals surface area contributed by atoms with Crippen LogP contribution in [0.4, 0.5) is 11.4 Å². The third kappa shape index (κ3) is 6.26. The van der Waals surface area contributed by atoms with Crippen LogP contribution in [0, 0.1) is 0 Å². The average Bonchev–Trinajstić information content (AvgIpc) is 2.95. The number of ether oxygens (including phenoxy) is 4. The first-order valence-electron chi connectivity index (χ1n) is 14.3. The molecule has 0 amide bonds. The van der Waals surface area contributed by atoms with Crippen LogP contribution < -0.4 is 19.3 Å². The molecule has 39 heavy (non-hydrogen) atoms. The lowest BCUT2D eigenvalue weighted by Crippen LogP contribution is -2.47. The Hall–Kier alpha value is -3.42. The summed E-state index contributed by atoms with van der Waals surface area (Å²) in [6, 6.07) is 7.24. The third-order valence-electron chi connectivity index (χ3n) is 7.51. The maximum absolute atomic E-state index is 13.2. The summed E-state index contributed by atoms with van der Waals surface area (Å²) in [7, 11) is 3.27. The molecule has 0 unspecified atom stereocenters. The molecule has 2 aliphatic rings. The minimum atomic E-state index is -0.319. The van der Waals surface area contributed by atoms with Crippen LogP contribution in [0.2, 0.25) is 0 Å². The van der Waals surface area contributed by atoms with Crippen LogP contribution in [0.5, 0.6) is 11.5 Å². The number of carbonyl (C=O) groups excluding carboxylic acids is 2. The summed E-state index contributed by atoms with van der Waals surface area (Å²) in [5.74, 6) is 0.742. The minimum Gasteiger partial charge on any atom is -0.495 e. The van der Waals surface area contributed by atoms with Gasteiger partial charge in [-0.2, -0.15) is 0 Å². The van der Waals surface area contributed by atoms with Gasteiger partial charge in [-0.3, -0.25) is 0 Å². The fraction of sp³-hybridized carbons (Fsp3) is 0.548. The molecular formula is C31H42N2O6. The van der Waals surface area contributed by atoms with Crippen molar-refractivity contribution in [2.45, 2.75) is 78.3 Å². The summed E-state index contributed by atoms with van der Waals surface area (Å²) in [6.45, 7) is 6.64. The van der Waals surface area contributed by atoms with Crippen LogP contribution in [-0.4, -0.2) is 46.0 Å². The number of anilines is 2. The van der Waals surface area contributed by atoms with Gasteiger partial charge in [0, 0.05) is 24.2 Å². The zero-order valence-electron chi connectivity index (χ0n) is 23.8. The van der Waals surface area contributed by atoms with Gasteiger partial charge in [0.25, 0.3) is 0 Å². The van der Waals surface area contributed by atoms with Gasteiger partial charge < -0.3 is 28.7 Å². The number of unbranched alkanes of at least 4 members (excludes halogenated alkanes) is 6. The van der Waals surface area contributed by atoms with E-state index in [0.717, 1.165) is 73.9 Å². The van der Waals surface area contributed by atoms with E-state index in [1.807, 2.05) is 12.1 Å². The number of nitrogens with zero attached hydrogens (tertiary/aromatic N) is 2. The Morgan fingerprint density at radius 3 is 1.49 bits per heavy atom. The van der Waals surface area contributed by atoms with E-state index in [4.69, 9.17) is 18.9 Å². The maximum Gasteiger partial charge on any atom is 0.338 e. The normalized spacial score (nSPS) is 13.4. The standard InChI is InChI=1S/C31H42N2O6/c1-5-7-9-11-17-38-30(34)22-13-15-26(36-3)28-24(22)19-32-21-33(28)20-25-23(14-16-27(37-4)29(25)32)31(35)39-18-12-10-8-6-2/h13-16H,5-12,17-21H2,1-4H3. The van der Waals surface area contributed by atoms with Crippen molar-refractivity contribution in [2.24, 2.45) is 0 Å². The van der Waals surface area contributed by atoms with E-state index in [2.05, 4.69) is 23.6 Å². The van der Waals surface area contributed by atoms with Crippen LogP contribution in [0.25, 0.3) is 0 Å². The second-order valence-electron chi connectivity index (χ2n) is 10.2. The van der Waals surface area contributed by atoms with Crippen molar-refractivity contribution in [3.8, 4) is 11.5 Å². The summed E-state index contributed by atoms with van der Waals surface area (Å²) in [6.07, 6.45) is 8.35. The lowest BCUT2D eigenvalue weighted by Gasteiger charge is -2.46. The Morgan fingerprint density at radius 1 is 0.667 bits per heavy atom. The van der Waals surface area contributed by atoms with Gasteiger partial charge in [-0.25, -0.2) is 9.59 Å². The highest BCUT2D eigenvalue weighted by atomic mass is 16.5. The zero-order chi connectivity index (χ0) is 27.8. The van der Waals surface area contributed by atoms with Gasteiger partial charge in [0.2, 0.25) is 0 Å². The predicted molar refractivity (Wildman–Crippen MR) is 152 cm³/mol. The molecule has 2 aromatic rings. The van der Waals surface area contributed by atoms with E-state index in [0.29, 0.717) is 55.6 Å². The molecule has 2 aliphatic heterocycles. The molecule has 0 aromatic heterocycles. The molecule has 4 rings (SSSR count). The maximum atomic E-state index is 13.2. The molecule has 0 fully saturated rings. The predicted octanol–water partition coefficient (Wildman–Crippen LogP) is 6.48. The zero-order valence-corrected chi connectivity index (χ0v) is 23.8. The number of benzene rings is 2. The van der Waals surface area contributed by atoms with Gasteiger partial charge >= 0.3 is 11.9 Å². The molecule has 0 aliphatic carbocycles. The summed E-state index contributed by atoms with van der Waals surface area (Å²) >= 11 is 0. The number of carbonyl (C=O) groups is 2. The second-order valence-corrected chi connectivity index (χ2v) is 10.2. The largest absolute Gasteiger partial charge is 0.495 e. The van der Waals surface area contributed by atoms with Gasteiger partial charge in [0.15, 0.2) is 0 Å². The number of hydrogen-bond acceptors (Lipinski definition) is 8. The molecule has 2 heterocycles. The fourth-order valence-corrected chi connectivity index (χ4v) is 5.49. The molecule has 212 valence electrons. The first-order valence-corrected chi connectivity index (χ1v) is 14.3. The van der Waals surface area contributed by atoms with Gasteiger partial charge in [0.05, 0.1) is 56.6 Å². The molecule has 8 heteroatoms. The quantitative estimate of drug-likeness (QED) is 0.200.